The van der Waals surface area contributed by atoms with Crippen molar-refractivity contribution in [3.05, 3.63) is 82.6 Å². The molecular formula is C21H17ClN2O4S. The highest BCUT2D eigenvalue weighted by Gasteiger charge is 2.19. The first-order valence-corrected chi connectivity index (χ1v) is 11.0. The molecule has 0 saturated carbocycles. The lowest BCUT2D eigenvalue weighted by molar-refractivity contribution is 0.413. The number of aromatic nitrogens is 2. The fraction of sp³-hybridized carbons (Fsp3) is 0.143. The molecule has 6 nitrogen and oxygen atoms in total. The fourth-order valence-electron chi connectivity index (χ4n) is 2.92. The molecule has 0 aliphatic rings. The summed E-state index contributed by atoms with van der Waals surface area (Å²) in [6.45, 7) is 1.89. The maximum absolute atomic E-state index is 12.6. The van der Waals surface area contributed by atoms with Gasteiger partial charge in [-0.3, -0.25) is 0 Å². The van der Waals surface area contributed by atoms with Gasteiger partial charge < -0.3 is 8.94 Å². The zero-order chi connectivity index (χ0) is 20.4. The Hall–Kier alpha value is -2.90. The molecule has 4 rings (SSSR count). The molecule has 2 aromatic heterocycles. The summed E-state index contributed by atoms with van der Waals surface area (Å²) in [5.74, 6) is 0.907. The van der Waals surface area contributed by atoms with Crippen LogP contribution < -0.4 is 0 Å². The molecule has 0 N–H and O–H groups in total. The van der Waals surface area contributed by atoms with Crippen LogP contribution in [0.2, 0.25) is 5.02 Å². The minimum Gasteiger partial charge on any atom is -0.455 e. The highest BCUT2D eigenvalue weighted by atomic mass is 35.5. The minimum atomic E-state index is -3.40. The maximum Gasteiger partial charge on any atom is 0.293 e. The first kappa shape index (κ1) is 19.4. The van der Waals surface area contributed by atoms with Crippen LogP contribution in [0.1, 0.15) is 16.9 Å². The molecule has 2 aromatic carbocycles. The summed E-state index contributed by atoms with van der Waals surface area (Å²) in [6.07, 6.45) is 0. The van der Waals surface area contributed by atoms with E-state index in [9.17, 15) is 8.42 Å². The first-order valence-electron chi connectivity index (χ1n) is 8.83. The van der Waals surface area contributed by atoms with E-state index in [-0.39, 0.29) is 17.4 Å². The topological polar surface area (TPSA) is 86.2 Å². The smallest absolute Gasteiger partial charge is 0.293 e. The number of benzene rings is 2. The lowest BCUT2D eigenvalue weighted by atomic mass is 10.1. The largest absolute Gasteiger partial charge is 0.455 e. The van der Waals surface area contributed by atoms with Gasteiger partial charge in [-0.25, -0.2) is 8.42 Å². The minimum absolute atomic E-state index is 0.0464. The highest BCUT2D eigenvalue weighted by molar-refractivity contribution is 7.89. The summed E-state index contributed by atoms with van der Waals surface area (Å²) in [6, 6.07) is 17.7. The Morgan fingerprint density at radius 2 is 1.83 bits per heavy atom. The molecule has 29 heavy (non-hydrogen) atoms. The molecule has 4 aromatic rings. The number of rotatable bonds is 6. The van der Waals surface area contributed by atoms with E-state index >= 15 is 0 Å². The van der Waals surface area contributed by atoms with E-state index in [2.05, 4.69) is 10.1 Å². The Labute approximate surface area is 173 Å². The number of furan rings is 1. The Morgan fingerprint density at radius 3 is 2.62 bits per heavy atom. The van der Waals surface area contributed by atoms with Gasteiger partial charge in [0.15, 0.2) is 15.6 Å². The van der Waals surface area contributed by atoms with Gasteiger partial charge in [-0.1, -0.05) is 53.2 Å². The molecular weight excluding hydrogens is 412 g/mol. The molecule has 0 bridgehead atoms. The number of halogens is 1. The second kappa shape index (κ2) is 7.85. The highest BCUT2D eigenvalue weighted by Crippen LogP contribution is 2.26. The van der Waals surface area contributed by atoms with Crippen LogP contribution in [0.25, 0.3) is 23.0 Å². The van der Waals surface area contributed by atoms with Crippen LogP contribution in [0.15, 0.2) is 69.6 Å². The molecule has 0 fully saturated rings. The van der Waals surface area contributed by atoms with Crippen molar-refractivity contribution < 1.29 is 17.4 Å². The molecule has 0 aliphatic carbocycles. The van der Waals surface area contributed by atoms with Crippen molar-refractivity contribution in [2.24, 2.45) is 0 Å². The Bertz CT molecular complexity index is 1260. The van der Waals surface area contributed by atoms with E-state index in [4.69, 9.17) is 20.5 Å². The third-order valence-corrected chi connectivity index (χ3v) is 6.09. The zero-order valence-electron chi connectivity index (χ0n) is 15.5. The SMILES string of the molecule is Cc1ccccc1CS(=O)(=O)Cc1ccc(-c2nc(-c3cccc(Cl)c3)no2)o1. The summed E-state index contributed by atoms with van der Waals surface area (Å²) in [5, 5.41) is 4.49. The van der Waals surface area contributed by atoms with E-state index in [0.717, 1.165) is 11.1 Å². The molecule has 0 amide bonds. The number of aryl methyl sites for hydroxylation is 1. The van der Waals surface area contributed by atoms with Gasteiger partial charge in [0.25, 0.3) is 5.89 Å². The summed E-state index contributed by atoms with van der Waals surface area (Å²) < 4.78 is 36.0. The monoisotopic (exact) mass is 428 g/mol. The molecule has 0 saturated heterocycles. The number of sulfone groups is 1. The third-order valence-electron chi connectivity index (χ3n) is 4.38. The zero-order valence-corrected chi connectivity index (χ0v) is 17.1. The average molecular weight is 429 g/mol. The number of nitrogens with zero attached hydrogens (tertiary/aromatic N) is 2. The first-order chi connectivity index (χ1) is 13.9. The molecule has 0 aliphatic heterocycles. The van der Waals surface area contributed by atoms with Crippen molar-refractivity contribution in [1.29, 1.82) is 0 Å². The van der Waals surface area contributed by atoms with E-state index in [1.807, 2.05) is 37.3 Å². The Kier molecular flexibility index (Phi) is 5.25. The van der Waals surface area contributed by atoms with Gasteiger partial charge in [0.2, 0.25) is 5.82 Å². The van der Waals surface area contributed by atoms with E-state index < -0.39 is 9.84 Å². The van der Waals surface area contributed by atoms with Crippen molar-refractivity contribution >= 4 is 21.4 Å². The van der Waals surface area contributed by atoms with Gasteiger partial charge in [-0.2, -0.15) is 4.98 Å². The summed E-state index contributed by atoms with van der Waals surface area (Å²) in [4.78, 5) is 4.30. The van der Waals surface area contributed by atoms with Crippen LogP contribution in [0, 0.1) is 6.92 Å². The summed E-state index contributed by atoms with van der Waals surface area (Å²) in [7, 11) is -3.40. The second-order valence-corrected chi connectivity index (χ2v) is 9.16. The van der Waals surface area contributed by atoms with Crippen molar-refractivity contribution in [1.82, 2.24) is 10.1 Å². The Balaban J connectivity index is 1.51. The Morgan fingerprint density at radius 1 is 1.00 bits per heavy atom. The standard InChI is InChI=1S/C21H17ClN2O4S/c1-14-5-2-3-6-16(14)12-29(25,26)13-18-9-10-19(27-18)21-23-20(24-28-21)15-7-4-8-17(22)11-15/h2-11H,12-13H2,1H3. The van der Waals surface area contributed by atoms with E-state index in [1.54, 1.807) is 30.3 Å². The molecule has 2 heterocycles. The maximum atomic E-state index is 12.6. The van der Waals surface area contributed by atoms with Crippen LogP contribution in [-0.4, -0.2) is 18.6 Å². The van der Waals surface area contributed by atoms with Gasteiger partial charge in [0, 0.05) is 10.6 Å². The van der Waals surface area contributed by atoms with Gasteiger partial charge in [0.05, 0.1) is 5.75 Å². The second-order valence-electron chi connectivity index (χ2n) is 6.66. The van der Waals surface area contributed by atoms with E-state index in [1.165, 1.54) is 0 Å². The number of hydrogen-bond acceptors (Lipinski definition) is 6. The lowest BCUT2D eigenvalue weighted by Gasteiger charge is -2.06. The summed E-state index contributed by atoms with van der Waals surface area (Å²) in [5.41, 5.74) is 2.43. The molecule has 0 atom stereocenters. The van der Waals surface area contributed by atoms with Crippen molar-refractivity contribution in [2.75, 3.05) is 0 Å². The lowest BCUT2D eigenvalue weighted by Crippen LogP contribution is -2.08. The normalized spacial score (nSPS) is 11.7. The quantitative estimate of drug-likeness (QED) is 0.426. The molecule has 0 unspecified atom stereocenters. The molecule has 148 valence electrons. The van der Waals surface area contributed by atoms with Crippen molar-refractivity contribution in [2.45, 2.75) is 18.4 Å². The summed E-state index contributed by atoms with van der Waals surface area (Å²) >= 11 is 5.99. The van der Waals surface area contributed by atoms with Crippen molar-refractivity contribution in [3.8, 4) is 23.0 Å². The predicted octanol–water partition coefficient (Wildman–Crippen LogP) is 5.07. The van der Waals surface area contributed by atoms with E-state index in [0.29, 0.717) is 27.9 Å². The van der Waals surface area contributed by atoms with Gasteiger partial charge in [-0.05, 0) is 42.3 Å². The van der Waals surface area contributed by atoms with Crippen LogP contribution in [0.5, 0.6) is 0 Å². The fourth-order valence-corrected chi connectivity index (χ4v) is 4.59. The van der Waals surface area contributed by atoms with Gasteiger partial charge in [-0.15, -0.1) is 0 Å². The van der Waals surface area contributed by atoms with Crippen LogP contribution >= 0.6 is 11.6 Å². The average Bonchev–Trinajstić information content (AvgIpc) is 3.32. The predicted molar refractivity (Wildman–Crippen MR) is 110 cm³/mol. The van der Waals surface area contributed by atoms with Gasteiger partial charge in [0.1, 0.15) is 11.5 Å². The van der Waals surface area contributed by atoms with Gasteiger partial charge >= 0.3 is 0 Å². The number of hydrogen-bond donors (Lipinski definition) is 0. The third kappa shape index (κ3) is 4.58. The van der Waals surface area contributed by atoms with Crippen LogP contribution in [0.4, 0.5) is 0 Å². The van der Waals surface area contributed by atoms with Crippen molar-refractivity contribution in [3.63, 3.8) is 0 Å². The molecule has 0 radical (unpaired) electrons. The van der Waals surface area contributed by atoms with Crippen LogP contribution in [0.3, 0.4) is 0 Å². The molecule has 8 heteroatoms. The molecule has 0 spiro atoms. The van der Waals surface area contributed by atoms with Crippen LogP contribution in [-0.2, 0) is 21.3 Å².